The molecule has 33 heavy (non-hydrogen) atoms. The van der Waals surface area contributed by atoms with E-state index in [4.69, 9.17) is 4.74 Å². The number of halogens is 1. The number of hydrogen-bond donors (Lipinski definition) is 0. The standard InChI is InChI=1S/C30H31NO.ClH/c1-3-31(4-2)19-20-32-30-17-15-26(16-18-30)29-22-27(24-11-7-5-8-12-24)21-28(23-29)25-13-9-6-10-14-25;/h5-18,21-23H,3-4,19-20H2,1-2H3;1H. The fraction of sp³-hybridized carbons (Fsp3) is 0.200. The summed E-state index contributed by atoms with van der Waals surface area (Å²) in [6.07, 6.45) is 0. The molecular weight excluding hydrogens is 426 g/mol. The molecule has 0 bridgehead atoms. The highest BCUT2D eigenvalue weighted by Gasteiger charge is 2.08. The molecule has 0 saturated heterocycles. The van der Waals surface area contributed by atoms with Crippen molar-refractivity contribution in [1.29, 1.82) is 0 Å². The molecule has 0 aliphatic rings. The van der Waals surface area contributed by atoms with E-state index in [-0.39, 0.29) is 12.4 Å². The van der Waals surface area contributed by atoms with Crippen LogP contribution in [0, 0.1) is 0 Å². The van der Waals surface area contributed by atoms with E-state index in [0.717, 1.165) is 25.4 Å². The Kier molecular flexibility index (Phi) is 9.12. The number of ether oxygens (including phenoxy) is 1. The number of hydrogen-bond acceptors (Lipinski definition) is 2. The van der Waals surface area contributed by atoms with Crippen LogP contribution in [0.2, 0.25) is 0 Å². The second-order valence-electron chi connectivity index (χ2n) is 7.93. The number of rotatable bonds is 9. The zero-order chi connectivity index (χ0) is 22.2. The molecule has 4 rings (SSSR count). The van der Waals surface area contributed by atoms with E-state index in [9.17, 15) is 0 Å². The maximum Gasteiger partial charge on any atom is 0.119 e. The van der Waals surface area contributed by atoms with Gasteiger partial charge in [0.05, 0.1) is 0 Å². The molecule has 0 aromatic heterocycles. The summed E-state index contributed by atoms with van der Waals surface area (Å²) in [4.78, 5) is 2.37. The molecule has 0 aliphatic carbocycles. The lowest BCUT2D eigenvalue weighted by Gasteiger charge is -2.18. The molecule has 0 spiro atoms. The molecule has 3 heteroatoms. The predicted molar refractivity (Wildman–Crippen MR) is 143 cm³/mol. The van der Waals surface area contributed by atoms with Crippen LogP contribution < -0.4 is 4.74 Å². The summed E-state index contributed by atoms with van der Waals surface area (Å²) in [5.74, 6) is 0.920. The zero-order valence-electron chi connectivity index (χ0n) is 19.4. The van der Waals surface area contributed by atoms with Crippen LogP contribution in [0.3, 0.4) is 0 Å². The monoisotopic (exact) mass is 457 g/mol. The third-order valence-corrected chi connectivity index (χ3v) is 5.91. The number of nitrogens with zero attached hydrogens (tertiary/aromatic N) is 1. The molecule has 0 heterocycles. The van der Waals surface area contributed by atoms with Crippen molar-refractivity contribution in [3.8, 4) is 39.1 Å². The third-order valence-electron chi connectivity index (χ3n) is 5.91. The van der Waals surface area contributed by atoms with E-state index in [0.29, 0.717) is 6.61 Å². The first kappa shape index (κ1) is 24.6. The Morgan fingerprint density at radius 1 is 0.545 bits per heavy atom. The predicted octanol–water partition coefficient (Wildman–Crippen LogP) is 7.83. The van der Waals surface area contributed by atoms with Gasteiger partial charge in [-0.05, 0) is 76.8 Å². The van der Waals surface area contributed by atoms with Crippen molar-refractivity contribution in [1.82, 2.24) is 4.90 Å². The average molecular weight is 458 g/mol. The Morgan fingerprint density at radius 3 is 1.39 bits per heavy atom. The number of benzene rings is 4. The fourth-order valence-electron chi connectivity index (χ4n) is 3.96. The van der Waals surface area contributed by atoms with Crippen molar-refractivity contribution < 1.29 is 4.74 Å². The first-order chi connectivity index (χ1) is 15.8. The first-order valence-corrected chi connectivity index (χ1v) is 11.5. The van der Waals surface area contributed by atoms with Gasteiger partial charge >= 0.3 is 0 Å². The van der Waals surface area contributed by atoms with Gasteiger partial charge in [-0.3, -0.25) is 0 Å². The lowest BCUT2D eigenvalue weighted by Crippen LogP contribution is -2.27. The van der Waals surface area contributed by atoms with Gasteiger partial charge in [0.25, 0.3) is 0 Å². The Labute approximate surface area is 204 Å². The van der Waals surface area contributed by atoms with E-state index in [1.165, 1.54) is 33.4 Å². The van der Waals surface area contributed by atoms with E-state index in [2.05, 4.69) is 122 Å². The van der Waals surface area contributed by atoms with Crippen LogP contribution in [-0.2, 0) is 0 Å². The molecule has 4 aromatic carbocycles. The van der Waals surface area contributed by atoms with E-state index >= 15 is 0 Å². The van der Waals surface area contributed by atoms with Crippen LogP contribution in [0.4, 0.5) is 0 Å². The maximum atomic E-state index is 5.98. The normalized spacial score (nSPS) is 10.6. The molecule has 0 aliphatic heterocycles. The SMILES string of the molecule is CCN(CC)CCOc1ccc(-c2cc(-c3ccccc3)cc(-c3ccccc3)c2)cc1.Cl. The second kappa shape index (κ2) is 12.2. The average Bonchev–Trinajstić information content (AvgIpc) is 2.88. The van der Waals surface area contributed by atoms with Crippen LogP contribution in [-0.4, -0.2) is 31.1 Å². The highest BCUT2D eigenvalue weighted by Crippen LogP contribution is 2.33. The molecule has 0 radical (unpaired) electrons. The van der Waals surface area contributed by atoms with Crippen LogP contribution in [0.5, 0.6) is 5.75 Å². The van der Waals surface area contributed by atoms with Gasteiger partial charge in [-0.2, -0.15) is 0 Å². The Hall–Kier alpha value is -3.07. The third kappa shape index (κ3) is 6.47. The van der Waals surface area contributed by atoms with E-state index in [1.54, 1.807) is 0 Å². The zero-order valence-corrected chi connectivity index (χ0v) is 20.2. The van der Waals surface area contributed by atoms with E-state index < -0.39 is 0 Å². The minimum absolute atomic E-state index is 0. The molecule has 0 amide bonds. The van der Waals surface area contributed by atoms with Gasteiger partial charge in [-0.25, -0.2) is 0 Å². The van der Waals surface area contributed by atoms with Crippen molar-refractivity contribution in [3.63, 3.8) is 0 Å². The van der Waals surface area contributed by atoms with Crippen LogP contribution in [0.1, 0.15) is 13.8 Å². The Balaban J connectivity index is 0.00000306. The lowest BCUT2D eigenvalue weighted by molar-refractivity contribution is 0.223. The van der Waals surface area contributed by atoms with Crippen molar-refractivity contribution in [2.24, 2.45) is 0 Å². The molecule has 0 unspecified atom stereocenters. The Bertz CT molecular complexity index is 1050. The van der Waals surface area contributed by atoms with Gasteiger partial charge in [-0.1, -0.05) is 86.6 Å². The van der Waals surface area contributed by atoms with Crippen molar-refractivity contribution in [2.75, 3.05) is 26.2 Å². The topological polar surface area (TPSA) is 12.5 Å². The van der Waals surface area contributed by atoms with Gasteiger partial charge < -0.3 is 9.64 Å². The lowest BCUT2D eigenvalue weighted by atomic mass is 9.93. The van der Waals surface area contributed by atoms with Gasteiger partial charge in [0.15, 0.2) is 0 Å². The van der Waals surface area contributed by atoms with Crippen molar-refractivity contribution in [2.45, 2.75) is 13.8 Å². The summed E-state index contributed by atoms with van der Waals surface area (Å²) in [5.41, 5.74) is 7.30. The molecule has 0 N–H and O–H groups in total. The quantitative estimate of drug-likeness (QED) is 0.254. The Morgan fingerprint density at radius 2 is 0.970 bits per heavy atom. The summed E-state index contributed by atoms with van der Waals surface area (Å²) in [6, 6.07) is 36.5. The summed E-state index contributed by atoms with van der Waals surface area (Å²) < 4.78 is 5.98. The molecule has 0 fully saturated rings. The van der Waals surface area contributed by atoms with Gasteiger partial charge in [0, 0.05) is 6.54 Å². The first-order valence-electron chi connectivity index (χ1n) is 11.5. The number of likely N-dealkylation sites (N-methyl/N-ethyl adjacent to an activating group) is 1. The van der Waals surface area contributed by atoms with Crippen molar-refractivity contribution in [3.05, 3.63) is 103 Å². The van der Waals surface area contributed by atoms with Gasteiger partial charge in [0.2, 0.25) is 0 Å². The fourth-order valence-corrected chi connectivity index (χ4v) is 3.96. The highest BCUT2D eigenvalue weighted by atomic mass is 35.5. The van der Waals surface area contributed by atoms with Crippen LogP contribution in [0.15, 0.2) is 103 Å². The van der Waals surface area contributed by atoms with Crippen LogP contribution in [0.25, 0.3) is 33.4 Å². The summed E-state index contributed by atoms with van der Waals surface area (Å²) in [7, 11) is 0. The second-order valence-corrected chi connectivity index (χ2v) is 7.93. The van der Waals surface area contributed by atoms with Gasteiger partial charge in [0.1, 0.15) is 12.4 Å². The molecule has 170 valence electrons. The summed E-state index contributed by atoms with van der Waals surface area (Å²) in [6.45, 7) is 8.15. The van der Waals surface area contributed by atoms with Crippen LogP contribution >= 0.6 is 12.4 Å². The largest absolute Gasteiger partial charge is 0.492 e. The minimum atomic E-state index is 0. The molecule has 0 saturated carbocycles. The summed E-state index contributed by atoms with van der Waals surface area (Å²) in [5, 5.41) is 0. The molecular formula is C30H32ClNO. The highest BCUT2D eigenvalue weighted by molar-refractivity contribution is 5.85. The summed E-state index contributed by atoms with van der Waals surface area (Å²) >= 11 is 0. The maximum absolute atomic E-state index is 5.98. The molecule has 4 aromatic rings. The molecule has 2 nitrogen and oxygen atoms in total. The van der Waals surface area contributed by atoms with Crippen molar-refractivity contribution >= 4 is 12.4 Å². The van der Waals surface area contributed by atoms with Gasteiger partial charge in [-0.15, -0.1) is 12.4 Å². The van der Waals surface area contributed by atoms with E-state index in [1.807, 2.05) is 0 Å². The molecule has 0 atom stereocenters. The smallest absolute Gasteiger partial charge is 0.119 e. The minimum Gasteiger partial charge on any atom is -0.492 e.